The molecule has 3 rings (SSSR count). The molecular formula is C20H26ClN3O6S. The molecule has 2 heterocycles. The Kier molecular flexibility index (Phi) is 7.04. The molecule has 0 saturated carbocycles. The Labute approximate surface area is 186 Å². The molecule has 31 heavy (non-hydrogen) atoms. The number of nitrogens with zero attached hydrogens (tertiary/aromatic N) is 2. The normalized spacial score (nSPS) is 18.2. The van der Waals surface area contributed by atoms with Gasteiger partial charge in [-0.2, -0.15) is 4.98 Å². The van der Waals surface area contributed by atoms with Crippen LogP contribution in [0.5, 0.6) is 0 Å². The average Bonchev–Trinajstić information content (AvgIpc) is 3.38. The van der Waals surface area contributed by atoms with Crippen molar-refractivity contribution in [1.29, 1.82) is 0 Å². The van der Waals surface area contributed by atoms with Crippen molar-refractivity contribution >= 4 is 27.6 Å². The van der Waals surface area contributed by atoms with E-state index in [-0.39, 0.29) is 39.4 Å². The number of ether oxygens (including phenoxy) is 2. The molecule has 2 atom stereocenters. The summed E-state index contributed by atoms with van der Waals surface area (Å²) in [6.07, 6.45) is 0.691. The first-order valence-electron chi connectivity index (χ1n) is 9.93. The molecular weight excluding hydrogens is 446 g/mol. The summed E-state index contributed by atoms with van der Waals surface area (Å²) in [6, 6.07) is 3.92. The van der Waals surface area contributed by atoms with Crippen molar-refractivity contribution in [3.63, 3.8) is 0 Å². The largest absolute Gasteiger partial charge is 0.449 e. The van der Waals surface area contributed by atoms with Crippen molar-refractivity contribution in [2.24, 2.45) is 0 Å². The molecule has 0 radical (unpaired) electrons. The first-order chi connectivity index (χ1) is 14.5. The predicted octanol–water partition coefficient (Wildman–Crippen LogP) is 3.40. The number of hydrogen-bond donors (Lipinski definition) is 1. The first kappa shape index (κ1) is 23.6. The summed E-state index contributed by atoms with van der Waals surface area (Å²) in [5.41, 5.74) is -0.286. The SMILES string of the molecule is CC(OC(=O)c1ccc(Cl)c(S(=O)(=O)NCC2CCCO2)c1)c1nc(C(C)(C)C)no1. The molecule has 1 aromatic heterocycles. The van der Waals surface area contributed by atoms with Crippen LogP contribution in [0.15, 0.2) is 27.6 Å². The standard InChI is InChI=1S/C20H26ClN3O6S/c1-12(17-23-19(24-30-17)20(2,3)4)29-18(25)13-7-8-15(21)16(10-13)31(26,27)22-11-14-6-5-9-28-14/h7-8,10,12,14,22H,5-6,9,11H2,1-4H3. The minimum absolute atomic E-state index is 0.00356. The van der Waals surface area contributed by atoms with Crippen molar-refractivity contribution in [3.8, 4) is 0 Å². The van der Waals surface area contributed by atoms with Crippen molar-refractivity contribution in [3.05, 3.63) is 40.5 Å². The Bertz CT molecular complexity index is 1040. The zero-order valence-electron chi connectivity index (χ0n) is 17.8. The molecule has 1 fully saturated rings. The average molecular weight is 472 g/mol. The third-order valence-electron chi connectivity index (χ3n) is 4.73. The first-order valence-corrected chi connectivity index (χ1v) is 11.8. The maximum absolute atomic E-state index is 12.7. The van der Waals surface area contributed by atoms with E-state index in [2.05, 4.69) is 14.9 Å². The van der Waals surface area contributed by atoms with Crippen LogP contribution in [0.1, 0.15) is 68.7 Å². The second kappa shape index (κ2) is 9.23. The molecule has 170 valence electrons. The molecule has 0 amide bonds. The van der Waals surface area contributed by atoms with Crippen molar-refractivity contribution < 1.29 is 27.2 Å². The Morgan fingerprint density at radius 1 is 1.39 bits per heavy atom. The Hall–Kier alpha value is -2.01. The van der Waals surface area contributed by atoms with Crippen LogP contribution in [0.3, 0.4) is 0 Å². The maximum atomic E-state index is 12.7. The van der Waals surface area contributed by atoms with Gasteiger partial charge in [-0.05, 0) is 38.0 Å². The highest BCUT2D eigenvalue weighted by atomic mass is 35.5. The van der Waals surface area contributed by atoms with Gasteiger partial charge in [0, 0.05) is 18.6 Å². The van der Waals surface area contributed by atoms with Crippen LogP contribution in [0.25, 0.3) is 0 Å². The van der Waals surface area contributed by atoms with Crippen LogP contribution in [-0.2, 0) is 24.9 Å². The summed E-state index contributed by atoms with van der Waals surface area (Å²) in [6.45, 7) is 8.14. The fourth-order valence-corrected chi connectivity index (χ4v) is 4.50. The van der Waals surface area contributed by atoms with Gasteiger partial charge in [-0.15, -0.1) is 0 Å². The number of aromatic nitrogens is 2. The summed E-state index contributed by atoms with van der Waals surface area (Å²) >= 11 is 6.09. The Morgan fingerprint density at radius 3 is 2.74 bits per heavy atom. The summed E-state index contributed by atoms with van der Waals surface area (Å²) in [5.74, 6) is -0.101. The molecule has 1 aliphatic rings. The van der Waals surface area contributed by atoms with Crippen molar-refractivity contribution in [2.45, 2.75) is 63.1 Å². The van der Waals surface area contributed by atoms with Gasteiger partial charge in [0.1, 0.15) is 4.90 Å². The number of hydrogen-bond acceptors (Lipinski definition) is 8. The van der Waals surface area contributed by atoms with E-state index in [0.29, 0.717) is 12.4 Å². The smallest absolute Gasteiger partial charge is 0.338 e. The van der Waals surface area contributed by atoms with E-state index in [1.165, 1.54) is 18.2 Å². The number of esters is 1. The molecule has 1 saturated heterocycles. The van der Waals surface area contributed by atoms with Gasteiger partial charge in [-0.1, -0.05) is 37.5 Å². The van der Waals surface area contributed by atoms with Gasteiger partial charge < -0.3 is 14.0 Å². The fourth-order valence-electron chi connectivity index (χ4n) is 2.91. The second-order valence-electron chi connectivity index (χ2n) is 8.39. The minimum atomic E-state index is -3.94. The zero-order chi connectivity index (χ0) is 22.8. The number of benzene rings is 1. The van der Waals surface area contributed by atoms with Gasteiger partial charge in [0.25, 0.3) is 5.89 Å². The second-order valence-corrected chi connectivity index (χ2v) is 10.5. The number of nitrogens with one attached hydrogen (secondary N) is 1. The van der Waals surface area contributed by atoms with Gasteiger partial charge in [-0.3, -0.25) is 0 Å². The maximum Gasteiger partial charge on any atom is 0.338 e. The fraction of sp³-hybridized carbons (Fsp3) is 0.550. The number of rotatable bonds is 7. The van der Waals surface area contributed by atoms with Crippen molar-refractivity contribution in [1.82, 2.24) is 14.9 Å². The molecule has 1 aromatic carbocycles. The lowest BCUT2D eigenvalue weighted by atomic mass is 9.96. The molecule has 1 N–H and O–H groups in total. The van der Waals surface area contributed by atoms with Crippen LogP contribution in [0, 0.1) is 0 Å². The summed E-state index contributed by atoms with van der Waals surface area (Å²) in [4.78, 5) is 16.7. The van der Waals surface area contributed by atoms with E-state index in [1.54, 1.807) is 6.92 Å². The molecule has 0 bridgehead atoms. The number of halogens is 1. The minimum Gasteiger partial charge on any atom is -0.449 e. The third kappa shape index (κ3) is 5.82. The quantitative estimate of drug-likeness (QED) is 0.610. The van der Waals surface area contributed by atoms with Gasteiger partial charge in [0.15, 0.2) is 11.9 Å². The highest BCUT2D eigenvalue weighted by molar-refractivity contribution is 7.89. The molecule has 9 nitrogen and oxygen atoms in total. The van der Waals surface area contributed by atoms with Gasteiger partial charge in [0.05, 0.1) is 16.7 Å². The lowest BCUT2D eigenvalue weighted by Gasteiger charge is -2.14. The van der Waals surface area contributed by atoms with Crippen LogP contribution >= 0.6 is 11.6 Å². The van der Waals surface area contributed by atoms with Crippen LogP contribution in [-0.4, -0.2) is 43.8 Å². The molecule has 11 heteroatoms. The molecule has 0 spiro atoms. The van der Waals surface area contributed by atoms with Crippen LogP contribution in [0.4, 0.5) is 0 Å². The monoisotopic (exact) mass is 471 g/mol. The number of sulfonamides is 1. The molecule has 0 aliphatic carbocycles. The van der Waals surface area contributed by atoms with E-state index in [4.69, 9.17) is 25.6 Å². The highest BCUT2D eigenvalue weighted by Crippen LogP contribution is 2.26. The zero-order valence-corrected chi connectivity index (χ0v) is 19.4. The van der Waals surface area contributed by atoms with E-state index in [9.17, 15) is 13.2 Å². The topological polar surface area (TPSA) is 121 Å². The predicted molar refractivity (Wildman–Crippen MR) is 112 cm³/mol. The lowest BCUT2D eigenvalue weighted by Crippen LogP contribution is -2.32. The Morgan fingerprint density at radius 2 is 2.13 bits per heavy atom. The molecule has 1 aliphatic heterocycles. The summed E-state index contributed by atoms with van der Waals surface area (Å²) < 4.78 is 43.9. The van der Waals surface area contributed by atoms with Crippen LogP contribution in [0.2, 0.25) is 5.02 Å². The van der Waals surface area contributed by atoms with E-state index in [1.807, 2.05) is 20.8 Å². The van der Waals surface area contributed by atoms with Crippen LogP contribution < -0.4 is 4.72 Å². The lowest BCUT2D eigenvalue weighted by molar-refractivity contribution is 0.0265. The molecule has 2 aromatic rings. The summed E-state index contributed by atoms with van der Waals surface area (Å²) in [5, 5.41) is 3.90. The van der Waals surface area contributed by atoms with Gasteiger partial charge >= 0.3 is 5.97 Å². The highest BCUT2D eigenvalue weighted by Gasteiger charge is 2.27. The number of carbonyl (C=O) groups excluding carboxylic acids is 1. The Balaban J connectivity index is 1.72. The number of carbonyl (C=O) groups is 1. The van der Waals surface area contributed by atoms with Gasteiger partial charge in [-0.25, -0.2) is 17.9 Å². The van der Waals surface area contributed by atoms with E-state index < -0.39 is 22.1 Å². The molecule has 2 unspecified atom stereocenters. The van der Waals surface area contributed by atoms with E-state index >= 15 is 0 Å². The third-order valence-corrected chi connectivity index (χ3v) is 6.63. The van der Waals surface area contributed by atoms with Gasteiger partial charge in [0.2, 0.25) is 10.0 Å². The van der Waals surface area contributed by atoms with E-state index in [0.717, 1.165) is 12.8 Å². The summed E-state index contributed by atoms with van der Waals surface area (Å²) in [7, 11) is -3.94. The van der Waals surface area contributed by atoms with Crippen molar-refractivity contribution in [2.75, 3.05) is 13.2 Å².